The second kappa shape index (κ2) is 10.0. The lowest BCUT2D eigenvalue weighted by Gasteiger charge is -2.61. The molecule has 4 aliphatic rings. The van der Waals surface area contributed by atoms with E-state index in [1.165, 1.54) is 17.7 Å². The molecule has 0 amide bonds. The summed E-state index contributed by atoms with van der Waals surface area (Å²) in [4.78, 5) is 26.2. The van der Waals surface area contributed by atoms with Gasteiger partial charge in [-0.15, -0.1) is 0 Å². The monoisotopic (exact) mass is 584 g/mol. The van der Waals surface area contributed by atoms with E-state index in [-0.39, 0.29) is 39.9 Å². The molecule has 0 saturated heterocycles. The van der Waals surface area contributed by atoms with Crippen molar-refractivity contribution in [2.75, 3.05) is 12.4 Å². The summed E-state index contributed by atoms with van der Waals surface area (Å²) in [6.07, 6.45) is 7.31. The average molecular weight is 585 g/mol. The van der Waals surface area contributed by atoms with E-state index in [0.29, 0.717) is 12.8 Å². The number of fused-ring (bicyclic) bond motifs is 6. The van der Waals surface area contributed by atoms with Crippen molar-refractivity contribution in [1.82, 2.24) is 9.78 Å². The van der Waals surface area contributed by atoms with Crippen LogP contribution in [0.3, 0.4) is 0 Å². The van der Waals surface area contributed by atoms with E-state index < -0.39 is 35.5 Å². The van der Waals surface area contributed by atoms with E-state index in [0.717, 1.165) is 54.4 Å². The minimum atomic E-state index is -1.15. The van der Waals surface area contributed by atoms with Crippen molar-refractivity contribution in [3.63, 3.8) is 0 Å². The molecule has 2 aromatic rings. The zero-order valence-corrected chi connectivity index (χ0v) is 24.6. The smallest absolute Gasteiger partial charge is 0.307 e. The van der Waals surface area contributed by atoms with Crippen LogP contribution in [0.4, 0.5) is 8.78 Å². The van der Waals surface area contributed by atoms with Gasteiger partial charge >= 0.3 is 5.97 Å². The molecule has 0 radical (unpaired) electrons. The van der Waals surface area contributed by atoms with E-state index in [9.17, 15) is 28.6 Å². The third kappa shape index (κ3) is 4.01. The normalized spacial score (nSPS) is 36.4. The molecule has 0 aliphatic heterocycles. The minimum Gasteiger partial charge on any atom is -0.481 e. The number of carbonyl (C=O) groups is 2. The number of aromatic nitrogens is 2. The van der Waals surface area contributed by atoms with Crippen molar-refractivity contribution in [2.24, 2.45) is 39.9 Å². The Morgan fingerprint density at radius 2 is 1.95 bits per heavy atom. The van der Waals surface area contributed by atoms with Gasteiger partial charge in [-0.3, -0.25) is 14.0 Å². The summed E-state index contributed by atoms with van der Waals surface area (Å²) in [5.41, 5.74) is 1.99. The Labute approximate surface area is 243 Å². The van der Waals surface area contributed by atoms with Gasteiger partial charge < -0.3 is 10.2 Å². The Balaban J connectivity index is 1.36. The SMILES string of the molecule is CC(C(=O)O)[C@]1(C(=O)SCCF)CC[C@H]2[C@@H]3CCC4=Cc5c(cnn5-c5ccc(F)cc5)C[C@]4(C)[C@H]3[C@@H](O)C[C@@]21C. The predicted molar refractivity (Wildman–Crippen MR) is 154 cm³/mol. The molecule has 6 nitrogen and oxygen atoms in total. The highest BCUT2D eigenvalue weighted by atomic mass is 32.2. The zero-order chi connectivity index (χ0) is 29.3. The standard InChI is InChI=1S/C32H38F2N2O4S/c1-18(28(38)39)32(29(40)41-13-12-33)11-10-24-23-9-4-20-14-25-19(17-35-36(25)22-7-5-21(34)6-8-22)15-30(20,2)27(23)26(37)16-31(24,32)3/h5-8,14,17-18,23-24,26-27,37H,4,9-13,15-16H2,1-3H3,(H,38,39)/t18?,23-,24-,26-,27+,30-,31-,32-/m0/s1. The molecule has 1 aromatic heterocycles. The minimum absolute atomic E-state index is 0.0163. The molecule has 4 aliphatic carbocycles. The summed E-state index contributed by atoms with van der Waals surface area (Å²) in [6, 6.07) is 6.29. The Kier molecular flexibility index (Phi) is 7.00. The second-order valence-electron chi connectivity index (χ2n) is 13.1. The quantitative estimate of drug-likeness (QED) is 0.426. The first-order chi connectivity index (χ1) is 19.5. The lowest BCUT2D eigenvalue weighted by atomic mass is 9.43. The molecule has 0 spiro atoms. The molecular formula is C32H38F2N2O4S. The molecule has 1 heterocycles. The molecule has 220 valence electrons. The van der Waals surface area contributed by atoms with Crippen LogP contribution in [0.1, 0.15) is 64.1 Å². The lowest BCUT2D eigenvalue weighted by Crippen LogP contribution is -2.61. The largest absolute Gasteiger partial charge is 0.481 e. The van der Waals surface area contributed by atoms with E-state index in [1.807, 2.05) is 17.8 Å². The van der Waals surface area contributed by atoms with E-state index >= 15 is 0 Å². The van der Waals surface area contributed by atoms with Gasteiger partial charge in [0, 0.05) is 5.75 Å². The van der Waals surface area contributed by atoms with Gasteiger partial charge in [0.2, 0.25) is 0 Å². The maximum atomic E-state index is 13.8. The lowest BCUT2D eigenvalue weighted by molar-refractivity contribution is -0.172. The van der Waals surface area contributed by atoms with Gasteiger partial charge in [-0.1, -0.05) is 38.1 Å². The van der Waals surface area contributed by atoms with Crippen LogP contribution in [0.25, 0.3) is 11.8 Å². The van der Waals surface area contributed by atoms with Gasteiger partial charge in [0.05, 0.1) is 41.7 Å². The first-order valence-electron chi connectivity index (χ1n) is 14.7. The van der Waals surface area contributed by atoms with Crippen LogP contribution in [0.5, 0.6) is 0 Å². The summed E-state index contributed by atoms with van der Waals surface area (Å²) >= 11 is 0.916. The molecule has 1 aromatic carbocycles. The van der Waals surface area contributed by atoms with Crippen LogP contribution in [-0.2, 0) is 16.0 Å². The number of aliphatic carboxylic acids is 1. The predicted octanol–water partition coefficient (Wildman–Crippen LogP) is 6.10. The highest BCUT2D eigenvalue weighted by molar-refractivity contribution is 8.13. The maximum absolute atomic E-state index is 13.8. The highest BCUT2D eigenvalue weighted by Crippen LogP contribution is 2.72. The second-order valence-corrected chi connectivity index (χ2v) is 14.2. The number of alkyl halides is 1. The first kappa shape index (κ1) is 28.6. The van der Waals surface area contributed by atoms with Crippen molar-refractivity contribution in [3.8, 4) is 5.69 Å². The van der Waals surface area contributed by atoms with Crippen molar-refractivity contribution >= 4 is 28.9 Å². The summed E-state index contributed by atoms with van der Waals surface area (Å²) in [6.45, 7) is 5.24. The maximum Gasteiger partial charge on any atom is 0.307 e. The Morgan fingerprint density at radius 1 is 1.22 bits per heavy atom. The number of benzene rings is 1. The summed E-state index contributed by atoms with van der Waals surface area (Å²) in [5.74, 6) is -2.03. The number of rotatable bonds is 6. The van der Waals surface area contributed by atoms with Crippen molar-refractivity contribution < 1.29 is 28.6 Å². The fourth-order valence-corrected chi connectivity index (χ4v) is 10.8. The van der Waals surface area contributed by atoms with Crippen molar-refractivity contribution in [2.45, 2.75) is 65.4 Å². The van der Waals surface area contributed by atoms with Crippen LogP contribution in [0.15, 0.2) is 36.0 Å². The molecule has 8 atom stereocenters. The van der Waals surface area contributed by atoms with Crippen LogP contribution in [-0.4, -0.2) is 49.6 Å². The fraction of sp³-hybridized carbons (Fsp3) is 0.594. The zero-order valence-electron chi connectivity index (χ0n) is 23.8. The van der Waals surface area contributed by atoms with Gasteiger partial charge in [-0.25, -0.2) is 9.07 Å². The van der Waals surface area contributed by atoms with E-state index in [2.05, 4.69) is 18.1 Å². The number of hydrogen-bond donors (Lipinski definition) is 2. The molecule has 41 heavy (non-hydrogen) atoms. The number of aliphatic hydroxyl groups is 1. The Hall–Kier alpha value is -2.52. The topological polar surface area (TPSA) is 92.4 Å². The van der Waals surface area contributed by atoms with E-state index in [4.69, 9.17) is 0 Å². The van der Waals surface area contributed by atoms with Gasteiger partial charge in [0.25, 0.3) is 0 Å². The van der Waals surface area contributed by atoms with Crippen molar-refractivity contribution in [3.05, 3.63) is 53.1 Å². The molecule has 1 unspecified atom stereocenters. The summed E-state index contributed by atoms with van der Waals surface area (Å²) in [5, 5.41) is 26.5. The van der Waals surface area contributed by atoms with Gasteiger partial charge in [-0.2, -0.15) is 5.10 Å². The fourth-order valence-electron chi connectivity index (χ4n) is 9.73. The number of carbonyl (C=O) groups excluding carboxylic acids is 1. The number of halogens is 2. The number of thioether (sulfide) groups is 1. The summed E-state index contributed by atoms with van der Waals surface area (Å²) in [7, 11) is 0. The van der Waals surface area contributed by atoms with E-state index in [1.54, 1.807) is 19.1 Å². The van der Waals surface area contributed by atoms with Crippen molar-refractivity contribution in [1.29, 1.82) is 0 Å². The number of carboxylic acid groups (broad SMARTS) is 1. The number of aliphatic hydroxyl groups excluding tert-OH is 1. The number of allylic oxidation sites excluding steroid dienone is 1. The molecule has 6 rings (SSSR count). The van der Waals surface area contributed by atoms with Crippen LogP contribution < -0.4 is 0 Å². The van der Waals surface area contributed by atoms with Gasteiger partial charge in [0.15, 0.2) is 5.12 Å². The molecule has 0 bridgehead atoms. The van der Waals surface area contributed by atoms with Gasteiger partial charge in [0.1, 0.15) is 5.82 Å². The van der Waals surface area contributed by atoms with Crippen LogP contribution in [0, 0.1) is 45.7 Å². The van der Waals surface area contributed by atoms with Gasteiger partial charge in [-0.05, 0) is 103 Å². The molecular weight excluding hydrogens is 546 g/mol. The summed E-state index contributed by atoms with van der Waals surface area (Å²) < 4.78 is 28.5. The van der Waals surface area contributed by atoms with Crippen LogP contribution in [0.2, 0.25) is 0 Å². The average Bonchev–Trinajstić information content (AvgIpc) is 3.47. The molecule has 2 N–H and O–H groups in total. The highest BCUT2D eigenvalue weighted by Gasteiger charge is 2.70. The number of nitrogens with zero attached hydrogens (tertiary/aromatic N) is 2. The Bertz CT molecular complexity index is 1410. The third-order valence-corrected chi connectivity index (χ3v) is 12.5. The molecule has 9 heteroatoms. The first-order valence-corrected chi connectivity index (χ1v) is 15.6. The van der Waals surface area contributed by atoms with Crippen LogP contribution >= 0.6 is 11.8 Å². The number of carboxylic acids is 1. The number of hydrogen-bond acceptors (Lipinski definition) is 5. The molecule has 3 fully saturated rings. The molecule has 3 saturated carbocycles. The Morgan fingerprint density at radius 3 is 2.63 bits per heavy atom. The third-order valence-electron chi connectivity index (χ3n) is 11.5.